The van der Waals surface area contributed by atoms with Crippen LogP contribution in [0.5, 0.6) is 0 Å². The van der Waals surface area contributed by atoms with Crippen LogP contribution in [0.1, 0.15) is 23.4 Å². The molecule has 2 rings (SSSR count). The highest BCUT2D eigenvalue weighted by molar-refractivity contribution is 9.13. The normalized spacial score (nSPS) is 12.6. The van der Waals surface area contributed by atoms with Gasteiger partial charge in [-0.2, -0.15) is 0 Å². The van der Waals surface area contributed by atoms with Crippen molar-refractivity contribution in [1.82, 2.24) is 5.32 Å². The average Bonchev–Trinajstić information content (AvgIpc) is 2.84. The summed E-state index contributed by atoms with van der Waals surface area (Å²) >= 11 is 8.79. The van der Waals surface area contributed by atoms with E-state index in [9.17, 15) is 0 Å². The van der Waals surface area contributed by atoms with Gasteiger partial charge in [0, 0.05) is 26.4 Å². The Bertz CT molecular complexity index is 482. The summed E-state index contributed by atoms with van der Waals surface area (Å²) in [5.74, 6) is 0. The van der Waals surface area contributed by atoms with E-state index in [0.29, 0.717) is 6.04 Å². The SMILES string of the molecule is C[C@H](NCc1ccc(Br)c(Br)c1)c1cccs1. The summed E-state index contributed by atoms with van der Waals surface area (Å²) < 4.78 is 2.19. The Labute approximate surface area is 123 Å². The van der Waals surface area contributed by atoms with Crippen molar-refractivity contribution in [1.29, 1.82) is 0 Å². The van der Waals surface area contributed by atoms with Gasteiger partial charge in [0.05, 0.1) is 0 Å². The first-order chi connectivity index (χ1) is 8.16. The summed E-state index contributed by atoms with van der Waals surface area (Å²) in [6.45, 7) is 3.07. The number of rotatable bonds is 4. The summed E-state index contributed by atoms with van der Waals surface area (Å²) in [7, 11) is 0. The first kappa shape index (κ1) is 13.3. The van der Waals surface area contributed by atoms with Gasteiger partial charge in [0.2, 0.25) is 0 Å². The lowest BCUT2D eigenvalue weighted by Crippen LogP contribution is -2.17. The van der Waals surface area contributed by atoms with Crippen LogP contribution in [0.15, 0.2) is 44.7 Å². The van der Waals surface area contributed by atoms with Crippen molar-refractivity contribution in [2.75, 3.05) is 0 Å². The number of thiophene rings is 1. The maximum absolute atomic E-state index is 3.52. The van der Waals surface area contributed by atoms with Gasteiger partial charge >= 0.3 is 0 Å². The van der Waals surface area contributed by atoms with Crippen molar-refractivity contribution >= 4 is 43.2 Å². The quantitative estimate of drug-likeness (QED) is 0.782. The summed E-state index contributed by atoms with van der Waals surface area (Å²) in [6.07, 6.45) is 0. The van der Waals surface area contributed by atoms with Crippen LogP contribution in [-0.2, 0) is 6.54 Å². The van der Waals surface area contributed by atoms with E-state index in [0.717, 1.165) is 15.5 Å². The van der Waals surface area contributed by atoms with Crippen LogP contribution in [0.25, 0.3) is 0 Å². The van der Waals surface area contributed by atoms with Crippen molar-refractivity contribution in [3.05, 3.63) is 55.1 Å². The van der Waals surface area contributed by atoms with Crippen LogP contribution in [0.4, 0.5) is 0 Å². The molecule has 0 amide bonds. The number of hydrogen-bond donors (Lipinski definition) is 1. The monoisotopic (exact) mass is 373 g/mol. The molecular formula is C13H13Br2NS. The molecule has 0 bridgehead atoms. The fraction of sp³-hybridized carbons (Fsp3) is 0.231. The first-order valence-corrected chi connectivity index (χ1v) is 7.84. The third kappa shape index (κ3) is 3.65. The molecule has 17 heavy (non-hydrogen) atoms. The van der Waals surface area contributed by atoms with Gasteiger partial charge in [0.1, 0.15) is 0 Å². The standard InChI is InChI=1S/C13H13Br2NS/c1-9(13-3-2-6-17-13)16-8-10-4-5-11(14)12(15)7-10/h2-7,9,16H,8H2,1H3/t9-/m0/s1. The van der Waals surface area contributed by atoms with E-state index in [-0.39, 0.29) is 0 Å². The Kier molecular flexibility index (Phi) is 4.79. The molecule has 0 aliphatic carbocycles. The average molecular weight is 375 g/mol. The predicted molar refractivity (Wildman–Crippen MR) is 81.4 cm³/mol. The zero-order valence-corrected chi connectivity index (χ0v) is 13.4. The Morgan fingerprint density at radius 3 is 2.71 bits per heavy atom. The van der Waals surface area contributed by atoms with E-state index in [1.807, 2.05) is 0 Å². The summed E-state index contributed by atoms with van der Waals surface area (Å²) in [6, 6.07) is 11.0. The number of hydrogen-bond acceptors (Lipinski definition) is 2. The van der Waals surface area contributed by atoms with Crippen molar-refractivity contribution < 1.29 is 0 Å². The lowest BCUT2D eigenvalue weighted by atomic mass is 10.2. The van der Waals surface area contributed by atoms with Crippen LogP contribution in [0.2, 0.25) is 0 Å². The smallest absolute Gasteiger partial charge is 0.0388 e. The van der Waals surface area contributed by atoms with Gasteiger partial charge < -0.3 is 5.32 Å². The summed E-state index contributed by atoms with van der Waals surface area (Å²) in [5, 5.41) is 5.64. The fourth-order valence-corrected chi connectivity index (χ4v) is 2.99. The maximum Gasteiger partial charge on any atom is 0.0388 e. The molecule has 1 aromatic carbocycles. The Balaban J connectivity index is 1.96. The van der Waals surface area contributed by atoms with Crippen LogP contribution in [0, 0.1) is 0 Å². The highest BCUT2D eigenvalue weighted by Gasteiger charge is 2.06. The second-order valence-electron chi connectivity index (χ2n) is 3.87. The zero-order valence-electron chi connectivity index (χ0n) is 9.41. The molecule has 0 fully saturated rings. The van der Waals surface area contributed by atoms with Gasteiger partial charge in [-0.25, -0.2) is 0 Å². The van der Waals surface area contributed by atoms with Crippen LogP contribution >= 0.6 is 43.2 Å². The van der Waals surface area contributed by atoms with E-state index in [1.165, 1.54) is 10.4 Å². The largest absolute Gasteiger partial charge is 0.305 e. The zero-order chi connectivity index (χ0) is 12.3. The van der Waals surface area contributed by atoms with E-state index < -0.39 is 0 Å². The molecule has 0 saturated heterocycles. The Morgan fingerprint density at radius 1 is 1.24 bits per heavy atom. The number of benzene rings is 1. The molecule has 0 radical (unpaired) electrons. The lowest BCUT2D eigenvalue weighted by Gasteiger charge is -2.12. The molecule has 0 spiro atoms. The highest BCUT2D eigenvalue weighted by atomic mass is 79.9. The van der Waals surface area contributed by atoms with Crippen molar-refractivity contribution in [2.24, 2.45) is 0 Å². The molecule has 1 heterocycles. The van der Waals surface area contributed by atoms with Gasteiger partial charge in [-0.1, -0.05) is 12.1 Å². The molecule has 4 heteroatoms. The minimum Gasteiger partial charge on any atom is -0.305 e. The molecule has 1 atom stereocenters. The molecular weight excluding hydrogens is 362 g/mol. The number of halogens is 2. The van der Waals surface area contributed by atoms with Crippen LogP contribution in [0.3, 0.4) is 0 Å². The maximum atomic E-state index is 3.52. The second-order valence-corrected chi connectivity index (χ2v) is 6.55. The molecule has 90 valence electrons. The van der Waals surface area contributed by atoms with Crippen molar-refractivity contribution in [3.63, 3.8) is 0 Å². The number of nitrogens with one attached hydrogen (secondary N) is 1. The highest BCUT2D eigenvalue weighted by Crippen LogP contribution is 2.24. The molecule has 1 nitrogen and oxygen atoms in total. The van der Waals surface area contributed by atoms with Crippen LogP contribution in [-0.4, -0.2) is 0 Å². The minimum absolute atomic E-state index is 0.400. The van der Waals surface area contributed by atoms with Crippen LogP contribution < -0.4 is 5.32 Å². The molecule has 0 aliphatic heterocycles. The minimum atomic E-state index is 0.400. The summed E-state index contributed by atoms with van der Waals surface area (Å²) in [5.41, 5.74) is 1.28. The Morgan fingerprint density at radius 2 is 2.06 bits per heavy atom. The fourth-order valence-electron chi connectivity index (χ4n) is 1.56. The van der Waals surface area contributed by atoms with Crippen molar-refractivity contribution in [2.45, 2.75) is 19.5 Å². The first-order valence-electron chi connectivity index (χ1n) is 5.37. The van der Waals surface area contributed by atoms with E-state index in [2.05, 4.69) is 79.8 Å². The van der Waals surface area contributed by atoms with E-state index in [1.54, 1.807) is 11.3 Å². The summed E-state index contributed by atoms with van der Waals surface area (Å²) in [4.78, 5) is 1.38. The molecule has 2 aromatic rings. The van der Waals surface area contributed by atoms with E-state index >= 15 is 0 Å². The topological polar surface area (TPSA) is 12.0 Å². The van der Waals surface area contributed by atoms with Gasteiger partial charge in [-0.3, -0.25) is 0 Å². The van der Waals surface area contributed by atoms with E-state index in [4.69, 9.17) is 0 Å². The van der Waals surface area contributed by atoms with Gasteiger partial charge in [-0.15, -0.1) is 11.3 Å². The second kappa shape index (κ2) is 6.14. The molecule has 1 N–H and O–H groups in total. The molecule has 0 saturated carbocycles. The Hall–Kier alpha value is -0.160. The predicted octanol–water partition coefficient (Wildman–Crippen LogP) is 5.12. The lowest BCUT2D eigenvalue weighted by molar-refractivity contribution is 0.583. The molecule has 0 unspecified atom stereocenters. The van der Waals surface area contributed by atoms with Gasteiger partial charge in [0.15, 0.2) is 0 Å². The van der Waals surface area contributed by atoms with Gasteiger partial charge in [0.25, 0.3) is 0 Å². The molecule has 1 aromatic heterocycles. The van der Waals surface area contributed by atoms with Gasteiger partial charge in [-0.05, 0) is 67.9 Å². The third-order valence-electron chi connectivity index (χ3n) is 2.57. The van der Waals surface area contributed by atoms with Crippen molar-refractivity contribution in [3.8, 4) is 0 Å². The third-order valence-corrected chi connectivity index (χ3v) is 5.50. The molecule has 0 aliphatic rings.